The van der Waals surface area contributed by atoms with E-state index in [2.05, 4.69) is 5.32 Å². The molecule has 1 aromatic heterocycles. The molecule has 0 fully saturated rings. The van der Waals surface area contributed by atoms with Gasteiger partial charge in [-0.3, -0.25) is 0 Å². The first-order valence-electron chi connectivity index (χ1n) is 6.28. The largest absolute Gasteiger partial charge is 0.306 e. The van der Waals surface area contributed by atoms with E-state index < -0.39 is 0 Å². The normalized spacial score (nSPS) is 12.7. The predicted octanol–water partition coefficient (Wildman–Crippen LogP) is 4.86. The van der Waals surface area contributed by atoms with E-state index in [4.69, 9.17) is 11.6 Å². The Hall–Kier alpha value is -0.900. The van der Waals surface area contributed by atoms with Crippen LogP contribution in [0.15, 0.2) is 24.3 Å². The molecule has 0 amide bonds. The summed E-state index contributed by atoms with van der Waals surface area (Å²) >= 11 is 7.64. The molecule has 0 bridgehead atoms. The molecule has 0 aliphatic carbocycles. The number of aryl methyl sites for hydroxylation is 2. The fourth-order valence-corrected chi connectivity index (χ4v) is 3.40. The van der Waals surface area contributed by atoms with Crippen molar-refractivity contribution in [3.05, 3.63) is 56.0 Å². The minimum Gasteiger partial charge on any atom is -0.306 e. The SMILES string of the molecule is CCNC(c1cc(C)c(Cl)s1)c1cccc(C)c1F. The van der Waals surface area contributed by atoms with Crippen molar-refractivity contribution in [1.82, 2.24) is 5.32 Å². The molecular formula is C15H17ClFNS. The third kappa shape index (κ3) is 2.99. The summed E-state index contributed by atoms with van der Waals surface area (Å²) in [5.41, 5.74) is 2.39. The third-order valence-electron chi connectivity index (χ3n) is 3.10. The molecule has 2 rings (SSSR count). The Labute approximate surface area is 122 Å². The van der Waals surface area contributed by atoms with Gasteiger partial charge in [0, 0.05) is 10.4 Å². The second-order valence-corrected chi connectivity index (χ2v) is 6.26. The van der Waals surface area contributed by atoms with E-state index in [1.165, 1.54) is 11.3 Å². The molecule has 0 saturated heterocycles. The zero-order chi connectivity index (χ0) is 14.0. The van der Waals surface area contributed by atoms with Crippen LogP contribution < -0.4 is 5.32 Å². The zero-order valence-electron chi connectivity index (χ0n) is 11.3. The second kappa shape index (κ2) is 6.04. The van der Waals surface area contributed by atoms with E-state index in [0.29, 0.717) is 11.1 Å². The van der Waals surface area contributed by atoms with Crippen LogP contribution in [0.4, 0.5) is 4.39 Å². The van der Waals surface area contributed by atoms with Gasteiger partial charge < -0.3 is 5.32 Å². The second-order valence-electron chi connectivity index (χ2n) is 4.57. The number of nitrogens with one attached hydrogen (secondary N) is 1. The summed E-state index contributed by atoms with van der Waals surface area (Å²) in [7, 11) is 0. The van der Waals surface area contributed by atoms with Crippen molar-refractivity contribution in [1.29, 1.82) is 0 Å². The van der Waals surface area contributed by atoms with Crippen LogP contribution in [0, 0.1) is 19.7 Å². The molecule has 1 N–H and O–H groups in total. The zero-order valence-corrected chi connectivity index (χ0v) is 12.8. The summed E-state index contributed by atoms with van der Waals surface area (Å²) in [6, 6.07) is 7.40. The number of hydrogen-bond acceptors (Lipinski definition) is 2. The molecule has 2 aromatic rings. The van der Waals surface area contributed by atoms with E-state index in [0.717, 1.165) is 21.3 Å². The van der Waals surface area contributed by atoms with Gasteiger partial charge in [-0.25, -0.2) is 4.39 Å². The minimum atomic E-state index is -0.143. The fourth-order valence-electron chi connectivity index (χ4n) is 2.09. The molecule has 0 aliphatic rings. The van der Waals surface area contributed by atoms with Crippen LogP contribution in [0.3, 0.4) is 0 Å². The number of rotatable bonds is 4. The molecule has 1 atom stereocenters. The average molecular weight is 298 g/mol. The molecular weight excluding hydrogens is 281 g/mol. The van der Waals surface area contributed by atoms with E-state index in [-0.39, 0.29) is 11.9 Å². The van der Waals surface area contributed by atoms with Gasteiger partial charge in [0.25, 0.3) is 0 Å². The van der Waals surface area contributed by atoms with Crippen LogP contribution in [0.25, 0.3) is 0 Å². The average Bonchev–Trinajstić information content (AvgIpc) is 2.70. The van der Waals surface area contributed by atoms with Gasteiger partial charge in [0.2, 0.25) is 0 Å². The number of hydrogen-bond donors (Lipinski definition) is 1. The Morgan fingerprint density at radius 2 is 2.05 bits per heavy atom. The van der Waals surface area contributed by atoms with Gasteiger partial charge >= 0.3 is 0 Å². The van der Waals surface area contributed by atoms with Crippen LogP contribution in [0.5, 0.6) is 0 Å². The first-order valence-corrected chi connectivity index (χ1v) is 7.48. The standard InChI is InChI=1S/C15H17ClFNS/c1-4-18-14(12-8-10(3)15(16)19-12)11-7-5-6-9(2)13(11)17/h5-8,14,18H,4H2,1-3H3. The van der Waals surface area contributed by atoms with Crippen LogP contribution in [0.2, 0.25) is 4.34 Å². The summed E-state index contributed by atoms with van der Waals surface area (Å²) in [6.07, 6.45) is 0. The molecule has 1 unspecified atom stereocenters. The molecule has 1 nitrogen and oxygen atoms in total. The highest BCUT2D eigenvalue weighted by Crippen LogP contribution is 2.35. The highest BCUT2D eigenvalue weighted by molar-refractivity contribution is 7.16. The lowest BCUT2D eigenvalue weighted by atomic mass is 10.0. The minimum absolute atomic E-state index is 0.138. The molecule has 19 heavy (non-hydrogen) atoms. The van der Waals surface area contributed by atoms with Gasteiger partial charge in [0.05, 0.1) is 10.4 Å². The first-order chi connectivity index (χ1) is 9.04. The Morgan fingerprint density at radius 3 is 2.63 bits per heavy atom. The van der Waals surface area contributed by atoms with Gasteiger partial charge in [0.1, 0.15) is 5.82 Å². The van der Waals surface area contributed by atoms with Crippen molar-refractivity contribution >= 4 is 22.9 Å². The smallest absolute Gasteiger partial charge is 0.131 e. The van der Waals surface area contributed by atoms with Crippen molar-refractivity contribution in [2.45, 2.75) is 26.8 Å². The Balaban J connectivity index is 2.48. The summed E-state index contributed by atoms with van der Waals surface area (Å²) in [5, 5.41) is 3.34. The van der Waals surface area contributed by atoms with Crippen LogP contribution in [0.1, 0.15) is 34.5 Å². The quantitative estimate of drug-likeness (QED) is 0.850. The van der Waals surface area contributed by atoms with E-state index >= 15 is 0 Å². The topological polar surface area (TPSA) is 12.0 Å². The first kappa shape index (κ1) is 14.5. The number of benzene rings is 1. The third-order valence-corrected chi connectivity index (χ3v) is 4.72. The molecule has 0 radical (unpaired) electrons. The van der Waals surface area contributed by atoms with Gasteiger partial charge in [0.15, 0.2) is 0 Å². The summed E-state index contributed by atoms with van der Waals surface area (Å²) in [6.45, 7) is 6.54. The van der Waals surface area contributed by atoms with Crippen molar-refractivity contribution < 1.29 is 4.39 Å². The lowest BCUT2D eigenvalue weighted by Crippen LogP contribution is -2.22. The van der Waals surface area contributed by atoms with Gasteiger partial charge in [-0.05, 0) is 37.6 Å². The van der Waals surface area contributed by atoms with Crippen molar-refractivity contribution in [2.75, 3.05) is 6.54 Å². The van der Waals surface area contributed by atoms with Crippen molar-refractivity contribution in [3.8, 4) is 0 Å². The maximum atomic E-state index is 14.3. The highest BCUT2D eigenvalue weighted by Gasteiger charge is 2.20. The highest BCUT2D eigenvalue weighted by atomic mass is 35.5. The number of halogens is 2. The monoisotopic (exact) mass is 297 g/mol. The van der Waals surface area contributed by atoms with Crippen molar-refractivity contribution in [3.63, 3.8) is 0 Å². The van der Waals surface area contributed by atoms with E-state index in [9.17, 15) is 4.39 Å². The molecule has 4 heteroatoms. The van der Waals surface area contributed by atoms with Crippen LogP contribution in [-0.4, -0.2) is 6.54 Å². The summed E-state index contributed by atoms with van der Waals surface area (Å²) < 4.78 is 15.1. The van der Waals surface area contributed by atoms with Gasteiger partial charge in [-0.2, -0.15) is 0 Å². The van der Waals surface area contributed by atoms with Crippen molar-refractivity contribution in [2.24, 2.45) is 0 Å². The lowest BCUT2D eigenvalue weighted by molar-refractivity contribution is 0.557. The maximum Gasteiger partial charge on any atom is 0.131 e. The molecule has 0 saturated carbocycles. The van der Waals surface area contributed by atoms with Gasteiger partial charge in [-0.1, -0.05) is 36.7 Å². The van der Waals surface area contributed by atoms with E-state index in [1.54, 1.807) is 13.0 Å². The maximum absolute atomic E-state index is 14.3. The Morgan fingerprint density at radius 1 is 1.32 bits per heavy atom. The van der Waals surface area contributed by atoms with Gasteiger partial charge in [-0.15, -0.1) is 11.3 Å². The molecule has 0 spiro atoms. The van der Waals surface area contributed by atoms with E-state index in [1.807, 2.05) is 32.0 Å². The molecule has 1 aromatic carbocycles. The Bertz CT molecular complexity index is 560. The van der Waals surface area contributed by atoms with Crippen LogP contribution >= 0.6 is 22.9 Å². The lowest BCUT2D eigenvalue weighted by Gasteiger charge is -2.18. The number of thiophene rings is 1. The molecule has 1 heterocycles. The molecule has 102 valence electrons. The summed E-state index contributed by atoms with van der Waals surface area (Å²) in [4.78, 5) is 1.05. The fraction of sp³-hybridized carbons (Fsp3) is 0.333. The molecule has 0 aliphatic heterocycles. The predicted molar refractivity (Wildman–Crippen MR) is 80.7 cm³/mol. The van der Waals surface area contributed by atoms with Crippen LogP contribution in [-0.2, 0) is 0 Å². The summed E-state index contributed by atoms with van der Waals surface area (Å²) in [5.74, 6) is -0.143. The Kier molecular flexibility index (Phi) is 4.61.